The average Bonchev–Trinajstić information content (AvgIpc) is 2.83. The minimum absolute atomic E-state index is 0.0461. The Morgan fingerprint density at radius 2 is 1.91 bits per heavy atom. The lowest BCUT2D eigenvalue weighted by atomic mass is 9.92. The van der Waals surface area contributed by atoms with Gasteiger partial charge in [0, 0.05) is 31.5 Å². The molecule has 12 heteroatoms. The molecule has 0 spiro atoms. The van der Waals surface area contributed by atoms with Crippen molar-refractivity contribution < 1.29 is 23.9 Å². The molecule has 0 saturated carbocycles. The summed E-state index contributed by atoms with van der Waals surface area (Å²) < 4.78 is 10.5. The summed E-state index contributed by atoms with van der Waals surface area (Å²) in [5.41, 5.74) is 5.29. The molecule has 0 radical (unpaired) electrons. The number of benzene rings is 1. The van der Waals surface area contributed by atoms with Gasteiger partial charge in [-0.05, 0) is 25.0 Å². The van der Waals surface area contributed by atoms with Gasteiger partial charge in [-0.2, -0.15) is 4.98 Å². The molecule has 4 rings (SSSR count). The zero-order chi connectivity index (χ0) is 24.4. The van der Waals surface area contributed by atoms with Gasteiger partial charge >= 0.3 is 0 Å². The molecule has 1 atom stereocenters. The van der Waals surface area contributed by atoms with Crippen molar-refractivity contribution in [3.8, 4) is 11.5 Å². The van der Waals surface area contributed by atoms with Crippen LogP contribution < -0.4 is 36.3 Å². The summed E-state index contributed by atoms with van der Waals surface area (Å²) in [6.07, 6.45) is 0.866. The quantitative estimate of drug-likeness (QED) is 0.474. The van der Waals surface area contributed by atoms with Crippen LogP contribution in [0.2, 0.25) is 0 Å². The molecule has 0 aliphatic carbocycles. The van der Waals surface area contributed by atoms with Crippen LogP contribution in [0, 0.1) is 5.92 Å². The van der Waals surface area contributed by atoms with Crippen LogP contribution in [0.15, 0.2) is 23.0 Å². The second kappa shape index (κ2) is 9.41. The Bertz CT molecular complexity index is 1190. The summed E-state index contributed by atoms with van der Waals surface area (Å²) in [4.78, 5) is 58.9. The van der Waals surface area contributed by atoms with Gasteiger partial charge in [-0.3, -0.25) is 24.2 Å². The number of carbonyl (C=O) groups excluding carboxylic acids is 3. The lowest BCUT2D eigenvalue weighted by molar-refractivity contribution is -0.123. The van der Waals surface area contributed by atoms with Gasteiger partial charge in [0.15, 0.2) is 0 Å². The number of rotatable bonds is 6. The zero-order valence-electron chi connectivity index (χ0n) is 18.8. The van der Waals surface area contributed by atoms with E-state index in [2.05, 4.69) is 20.6 Å². The summed E-state index contributed by atoms with van der Waals surface area (Å²) in [6.45, 7) is 0.950. The Kier molecular flexibility index (Phi) is 6.39. The molecule has 1 aromatic heterocycles. The van der Waals surface area contributed by atoms with Gasteiger partial charge in [-0.25, -0.2) is 0 Å². The monoisotopic (exact) mass is 470 g/mol. The van der Waals surface area contributed by atoms with E-state index in [1.807, 2.05) is 4.90 Å². The van der Waals surface area contributed by atoms with Crippen LogP contribution in [0.5, 0.6) is 11.5 Å². The van der Waals surface area contributed by atoms with Crippen molar-refractivity contribution in [2.75, 3.05) is 42.8 Å². The van der Waals surface area contributed by atoms with Gasteiger partial charge in [0.1, 0.15) is 17.3 Å². The molecule has 180 valence electrons. The maximum absolute atomic E-state index is 13.2. The zero-order valence-corrected chi connectivity index (χ0v) is 18.8. The normalized spacial score (nSPS) is 18.0. The van der Waals surface area contributed by atoms with Crippen LogP contribution in [0.1, 0.15) is 30.7 Å². The fraction of sp³-hybridized carbons (Fsp3) is 0.409. The van der Waals surface area contributed by atoms with Crippen LogP contribution in [-0.2, 0) is 14.4 Å². The van der Waals surface area contributed by atoms with Crippen molar-refractivity contribution in [2.24, 2.45) is 11.7 Å². The Morgan fingerprint density at radius 1 is 1.18 bits per heavy atom. The predicted octanol–water partition coefficient (Wildman–Crippen LogP) is 0.553. The third-order valence-corrected chi connectivity index (χ3v) is 6.12. The number of primary amides is 1. The summed E-state index contributed by atoms with van der Waals surface area (Å²) in [7, 11) is 2.96. The summed E-state index contributed by atoms with van der Waals surface area (Å²) in [6, 6.07) is 4.90. The number of aromatic amines is 1. The van der Waals surface area contributed by atoms with Gasteiger partial charge in [-0.1, -0.05) is 0 Å². The molecule has 1 fully saturated rings. The highest BCUT2D eigenvalue weighted by atomic mass is 16.5. The molecule has 1 unspecified atom stereocenters. The number of nitrogens with one attached hydrogen (secondary N) is 3. The fourth-order valence-corrected chi connectivity index (χ4v) is 4.24. The number of carbonyl (C=O) groups is 3. The van der Waals surface area contributed by atoms with Gasteiger partial charge in [-0.15, -0.1) is 0 Å². The number of H-pyrrole nitrogens is 1. The van der Waals surface area contributed by atoms with E-state index >= 15 is 0 Å². The highest BCUT2D eigenvalue weighted by Gasteiger charge is 2.36. The van der Waals surface area contributed by atoms with Crippen molar-refractivity contribution >= 4 is 35.2 Å². The molecule has 0 bridgehead atoms. The number of hydrogen-bond donors (Lipinski definition) is 4. The number of nitrogens with two attached hydrogens (primary N) is 1. The first-order chi connectivity index (χ1) is 16.3. The minimum atomic E-state index is -1.05. The number of fused-ring (bicyclic) bond motifs is 1. The molecular weight excluding hydrogens is 444 g/mol. The highest BCUT2D eigenvalue weighted by molar-refractivity contribution is 6.05. The average molecular weight is 470 g/mol. The van der Waals surface area contributed by atoms with E-state index < -0.39 is 23.3 Å². The predicted molar refractivity (Wildman–Crippen MR) is 123 cm³/mol. The number of methoxy groups -OCH3 is 2. The van der Waals surface area contributed by atoms with Crippen LogP contribution in [-0.4, -0.2) is 55.0 Å². The van der Waals surface area contributed by atoms with E-state index in [4.69, 9.17) is 15.2 Å². The third kappa shape index (κ3) is 4.51. The van der Waals surface area contributed by atoms with Crippen molar-refractivity contribution in [3.63, 3.8) is 0 Å². The first kappa shape index (κ1) is 23.1. The number of nitrogens with zero attached hydrogens (tertiary/aromatic N) is 2. The standard InChI is InChI=1S/C22H26N6O6/c1-33-12-3-4-15(34-2)14(9-12)24-20(31)13-10-16(29)25-19-17(13)21(32)27-22(26-19)28-7-5-11(6-8-28)18(23)30/h3-4,9,11,13H,5-8,10H2,1-2H3,(H2,23,30)(H,24,31)(H2,25,26,27,29,32). The maximum Gasteiger partial charge on any atom is 0.258 e. The number of anilines is 3. The first-order valence-electron chi connectivity index (χ1n) is 10.8. The smallest absolute Gasteiger partial charge is 0.258 e. The molecule has 5 N–H and O–H groups in total. The summed E-state index contributed by atoms with van der Waals surface area (Å²) >= 11 is 0. The van der Waals surface area contributed by atoms with E-state index in [1.54, 1.807) is 18.2 Å². The molecular formula is C22H26N6O6. The van der Waals surface area contributed by atoms with E-state index in [9.17, 15) is 19.2 Å². The second-order valence-corrected chi connectivity index (χ2v) is 8.18. The van der Waals surface area contributed by atoms with Crippen LogP contribution in [0.4, 0.5) is 17.5 Å². The van der Waals surface area contributed by atoms with Gasteiger partial charge in [0.25, 0.3) is 5.56 Å². The summed E-state index contributed by atoms with van der Waals surface area (Å²) in [5, 5.41) is 5.33. The number of amides is 3. The Hall–Kier alpha value is -4.09. The lowest BCUT2D eigenvalue weighted by Crippen LogP contribution is -2.41. The minimum Gasteiger partial charge on any atom is -0.497 e. The molecule has 3 amide bonds. The summed E-state index contributed by atoms with van der Waals surface area (Å²) in [5.74, 6) is -1.38. The Balaban J connectivity index is 1.61. The molecule has 2 aromatic rings. The van der Waals surface area contributed by atoms with Gasteiger partial charge in [0.2, 0.25) is 23.7 Å². The Labute approximate surface area is 194 Å². The molecule has 2 aliphatic rings. The molecule has 2 aliphatic heterocycles. The molecule has 34 heavy (non-hydrogen) atoms. The van der Waals surface area contributed by atoms with E-state index in [0.717, 1.165) is 0 Å². The Morgan fingerprint density at radius 3 is 2.56 bits per heavy atom. The van der Waals surface area contributed by atoms with Gasteiger partial charge in [0.05, 0.1) is 31.4 Å². The fourth-order valence-electron chi connectivity index (χ4n) is 4.24. The largest absolute Gasteiger partial charge is 0.497 e. The molecule has 3 heterocycles. The van der Waals surface area contributed by atoms with Crippen LogP contribution in [0.3, 0.4) is 0 Å². The number of aromatic nitrogens is 2. The van der Waals surface area contributed by atoms with Crippen molar-refractivity contribution in [1.82, 2.24) is 9.97 Å². The SMILES string of the molecule is COc1ccc(OC)c(NC(=O)C2CC(=O)Nc3nc(N4CCC(C(N)=O)CC4)[nH]c(=O)c32)c1. The van der Waals surface area contributed by atoms with E-state index in [-0.39, 0.29) is 35.6 Å². The number of hydrogen-bond acceptors (Lipinski definition) is 8. The first-order valence-corrected chi connectivity index (χ1v) is 10.8. The van der Waals surface area contributed by atoms with Crippen molar-refractivity contribution in [3.05, 3.63) is 34.1 Å². The molecule has 1 saturated heterocycles. The third-order valence-electron chi connectivity index (χ3n) is 6.12. The van der Waals surface area contributed by atoms with Crippen molar-refractivity contribution in [2.45, 2.75) is 25.2 Å². The molecule has 1 aromatic carbocycles. The second-order valence-electron chi connectivity index (χ2n) is 8.18. The van der Waals surface area contributed by atoms with E-state index in [1.165, 1.54) is 14.2 Å². The number of ether oxygens (including phenoxy) is 2. The van der Waals surface area contributed by atoms with E-state index in [0.29, 0.717) is 43.1 Å². The molecule has 12 nitrogen and oxygen atoms in total. The number of piperidine rings is 1. The lowest BCUT2D eigenvalue weighted by Gasteiger charge is -2.32. The topological polar surface area (TPSA) is 169 Å². The maximum atomic E-state index is 13.2. The van der Waals surface area contributed by atoms with Crippen molar-refractivity contribution in [1.29, 1.82) is 0 Å². The van der Waals surface area contributed by atoms with Crippen LogP contribution in [0.25, 0.3) is 0 Å². The van der Waals surface area contributed by atoms with Gasteiger partial charge < -0.3 is 30.7 Å². The van der Waals surface area contributed by atoms with Crippen LogP contribution >= 0.6 is 0 Å². The highest BCUT2D eigenvalue weighted by Crippen LogP contribution is 2.34.